The van der Waals surface area contributed by atoms with Gasteiger partial charge < -0.3 is 9.97 Å². The molecule has 3 aromatic carbocycles. The van der Waals surface area contributed by atoms with Crippen LogP contribution in [-0.2, 0) is 20.1 Å². The summed E-state index contributed by atoms with van der Waals surface area (Å²) in [5.41, 5.74) is 4.46. The minimum atomic E-state index is 0. The van der Waals surface area contributed by atoms with E-state index in [0.29, 0.717) is 0 Å². The molecule has 7 heteroatoms. The zero-order valence-electron chi connectivity index (χ0n) is 25.3. The van der Waals surface area contributed by atoms with Crippen molar-refractivity contribution in [1.29, 1.82) is 0 Å². The average molecular weight is 838 g/mol. The molecule has 6 heterocycles. The van der Waals surface area contributed by atoms with Crippen molar-refractivity contribution in [2.75, 3.05) is 0 Å². The van der Waals surface area contributed by atoms with Gasteiger partial charge in [0.1, 0.15) is 0 Å². The van der Waals surface area contributed by atoms with Crippen LogP contribution in [0.25, 0.3) is 64.0 Å². The number of fused-ring (bicyclic) bond motifs is 3. The number of aromatic nitrogens is 3. The second-order valence-electron chi connectivity index (χ2n) is 10.4. The van der Waals surface area contributed by atoms with Crippen LogP contribution in [0.3, 0.4) is 0 Å². The van der Waals surface area contributed by atoms with Crippen LogP contribution >= 0.6 is 34.0 Å². The Labute approximate surface area is 299 Å². The van der Waals surface area contributed by atoms with Crippen LogP contribution in [0.2, 0.25) is 0 Å². The zero-order chi connectivity index (χ0) is 31.1. The summed E-state index contributed by atoms with van der Waals surface area (Å²) in [4.78, 5) is 16.9. The number of hydrogen-bond acceptors (Lipinski definition) is 6. The maximum absolute atomic E-state index is 4.52. The third kappa shape index (κ3) is 7.30. The number of thiophene rings is 3. The zero-order valence-corrected chi connectivity index (χ0v) is 30.1. The van der Waals surface area contributed by atoms with E-state index in [2.05, 4.69) is 100 Å². The molecular weight excluding hydrogens is 811 g/mol. The maximum Gasteiger partial charge on any atom is 0.0882 e. The molecule has 6 aromatic heterocycles. The monoisotopic (exact) mass is 838 g/mol. The summed E-state index contributed by atoms with van der Waals surface area (Å²) >= 11 is 5.10. The van der Waals surface area contributed by atoms with Crippen molar-refractivity contribution in [3.8, 4) is 31.7 Å². The Morgan fingerprint density at radius 1 is 0.468 bits per heavy atom. The fourth-order valence-corrected chi connectivity index (χ4v) is 7.56. The predicted molar refractivity (Wildman–Crippen MR) is 198 cm³/mol. The molecule has 1 radical (unpaired) electrons. The van der Waals surface area contributed by atoms with E-state index in [1.54, 1.807) is 34.0 Å². The number of aryl methyl sites for hydroxylation is 1. The van der Waals surface area contributed by atoms with E-state index in [9.17, 15) is 0 Å². The van der Waals surface area contributed by atoms with E-state index < -0.39 is 0 Å². The van der Waals surface area contributed by atoms with Crippen LogP contribution in [-0.4, -0.2) is 15.0 Å². The first-order valence-corrected chi connectivity index (χ1v) is 17.4. The molecule has 0 amide bonds. The van der Waals surface area contributed by atoms with Crippen LogP contribution in [0, 0.1) is 19.1 Å². The second kappa shape index (κ2) is 15.5. The molecule has 0 aliphatic rings. The van der Waals surface area contributed by atoms with Crippen LogP contribution in [0.5, 0.6) is 0 Å². The molecule has 0 N–H and O–H groups in total. The molecule has 0 spiro atoms. The molecule has 0 unspecified atom stereocenters. The van der Waals surface area contributed by atoms with Crippen LogP contribution < -0.4 is 0 Å². The molecule has 231 valence electrons. The van der Waals surface area contributed by atoms with Gasteiger partial charge in [0, 0.05) is 44.1 Å². The van der Waals surface area contributed by atoms with Crippen molar-refractivity contribution in [2.45, 2.75) is 6.92 Å². The van der Waals surface area contributed by atoms with Crippen LogP contribution in [0.1, 0.15) is 5.56 Å². The maximum atomic E-state index is 4.52. The van der Waals surface area contributed by atoms with Crippen LogP contribution in [0.15, 0.2) is 144 Å². The summed E-state index contributed by atoms with van der Waals surface area (Å²) < 4.78 is 0. The quantitative estimate of drug-likeness (QED) is 0.166. The number of hydrogen-bond donors (Lipinski definition) is 0. The molecule has 0 aliphatic carbocycles. The van der Waals surface area contributed by atoms with E-state index in [0.717, 1.165) is 26.8 Å². The molecule has 0 bridgehead atoms. The van der Waals surface area contributed by atoms with Crippen molar-refractivity contribution in [2.24, 2.45) is 0 Å². The molecule has 0 fully saturated rings. The first kappa shape index (κ1) is 32.6. The summed E-state index contributed by atoms with van der Waals surface area (Å²) in [6, 6.07) is 43.5. The van der Waals surface area contributed by atoms with Gasteiger partial charge in [-0.1, -0.05) is 82.6 Å². The topological polar surface area (TPSA) is 38.7 Å². The van der Waals surface area contributed by atoms with Gasteiger partial charge in [0.2, 0.25) is 0 Å². The van der Waals surface area contributed by atoms with Crippen LogP contribution in [0.4, 0.5) is 0 Å². The molecule has 3 nitrogen and oxygen atoms in total. The van der Waals surface area contributed by atoms with Gasteiger partial charge in [-0.25, -0.2) is 22.7 Å². The fourth-order valence-electron chi connectivity index (χ4n) is 5.26. The van der Waals surface area contributed by atoms with Gasteiger partial charge in [0.05, 0.1) is 10.6 Å². The molecule has 9 aromatic rings. The standard InChI is InChI=1S/C14H11NS.2C13H8NS.Ir/c1-10-7-9-16-14(10)13-12-5-3-2-4-11(12)6-8-15-13;2*1-2-5-11-10(4-1)7-8-14-13(11)12-6-3-9-15-12;/h2-9H,1H3;2*1-5,7-9H;/q;2*-1;. The minimum absolute atomic E-state index is 0. The Balaban J connectivity index is 0.000000122. The normalized spacial score (nSPS) is 10.5. The molecule has 0 atom stereocenters. The van der Waals surface area contributed by atoms with E-state index in [-0.39, 0.29) is 20.1 Å². The van der Waals surface area contributed by atoms with E-state index >= 15 is 0 Å². The van der Waals surface area contributed by atoms with Crippen molar-refractivity contribution >= 4 is 66.3 Å². The SMILES string of the molecule is Cc1ccsc1-c1nccc2ccccc12.[Ir].[c-]1ccsc1-c1nccc2ccccc12.[c-]1ccsc1-c1nccc2ccccc12. The second-order valence-corrected chi connectivity index (χ2v) is 13.1. The molecule has 0 saturated carbocycles. The summed E-state index contributed by atoms with van der Waals surface area (Å²) in [6.07, 6.45) is 5.59. The summed E-state index contributed by atoms with van der Waals surface area (Å²) in [5, 5.41) is 13.5. The molecular formula is C40H27IrN3S3-2. The first-order chi connectivity index (χ1) is 22.8. The van der Waals surface area contributed by atoms with E-state index in [1.807, 2.05) is 77.9 Å². The molecule has 0 aliphatic heterocycles. The Morgan fingerprint density at radius 3 is 1.30 bits per heavy atom. The van der Waals surface area contributed by atoms with Crippen molar-refractivity contribution in [3.05, 3.63) is 162 Å². The minimum Gasteiger partial charge on any atom is -0.318 e. The Morgan fingerprint density at radius 2 is 0.894 bits per heavy atom. The van der Waals surface area contributed by atoms with Crippen molar-refractivity contribution < 1.29 is 20.1 Å². The van der Waals surface area contributed by atoms with Gasteiger partial charge >= 0.3 is 0 Å². The van der Waals surface area contributed by atoms with Crippen molar-refractivity contribution in [3.63, 3.8) is 0 Å². The smallest absolute Gasteiger partial charge is 0.0882 e. The van der Waals surface area contributed by atoms with E-state index in [4.69, 9.17) is 0 Å². The third-order valence-electron chi connectivity index (χ3n) is 7.46. The number of rotatable bonds is 3. The summed E-state index contributed by atoms with van der Waals surface area (Å²) in [5.74, 6) is 0. The molecule has 0 saturated heterocycles. The van der Waals surface area contributed by atoms with Crippen molar-refractivity contribution in [1.82, 2.24) is 15.0 Å². The average Bonchev–Trinajstić information content (AvgIpc) is 3.93. The van der Waals surface area contributed by atoms with E-state index in [1.165, 1.54) is 42.8 Å². The first-order valence-electron chi connectivity index (χ1n) is 14.7. The van der Waals surface area contributed by atoms with Gasteiger partial charge in [-0.15, -0.1) is 22.1 Å². The van der Waals surface area contributed by atoms with Gasteiger partial charge in [-0.05, 0) is 80.5 Å². The largest absolute Gasteiger partial charge is 0.318 e. The summed E-state index contributed by atoms with van der Waals surface area (Å²) in [7, 11) is 0. The van der Waals surface area contributed by atoms with Gasteiger partial charge in [-0.3, -0.25) is 4.98 Å². The molecule has 47 heavy (non-hydrogen) atoms. The summed E-state index contributed by atoms with van der Waals surface area (Å²) in [6.45, 7) is 2.13. The van der Waals surface area contributed by atoms with Gasteiger partial charge in [0.25, 0.3) is 0 Å². The predicted octanol–water partition coefficient (Wildman–Crippen LogP) is 11.8. The number of pyridine rings is 3. The molecule has 9 rings (SSSR count). The Hall–Kier alpha value is -4.36. The van der Waals surface area contributed by atoms with Gasteiger partial charge in [0.15, 0.2) is 0 Å². The Kier molecular flexibility index (Phi) is 10.7. The Bertz CT molecular complexity index is 2220. The third-order valence-corrected chi connectivity index (χ3v) is 10.1. The van der Waals surface area contributed by atoms with Gasteiger partial charge in [-0.2, -0.15) is 24.3 Å². The fraction of sp³-hybridized carbons (Fsp3) is 0.0250. The number of benzene rings is 3. The number of nitrogens with zero attached hydrogens (tertiary/aromatic N) is 3.